The summed E-state index contributed by atoms with van der Waals surface area (Å²) < 4.78 is 16.5. The Morgan fingerprint density at radius 3 is 2.92 bits per heavy atom. The molecule has 5 heterocycles. The van der Waals surface area contributed by atoms with Gasteiger partial charge in [-0.05, 0) is 36.7 Å². The summed E-state index contributed by atoms with van der Waals surface area (Å²) in [4.78, 5) is 33.5. The van der Waals surface area contributed by atoms with Crippen molar-refractivity contribution >= 4 is 23.1 Å². The third-order valence-corrected chi connectivity index (χ3v) is 6.35. The lowest BCUT2D eigenvalue weighted by Crippen LogP contribution is -2.50. The molecule has 4 aromatic rings. The van der Waals surface area contributed by atoms with E-state index >= 15 is 0 Å². The fourth-order valence-electron chi connectivity index (χ4n) is 4.28. The second kappa shape index (κ2) is 10.5. The van der Waals surface area contributed by atoms with Gasteiger partial charge in [0, 0.05) is 31.3 Å². The zero-order chi connectivity index (χ0) is 25.9. The van der Waals surface area contributed by atoms with Crippen molar-refractivity contribution in [3.63, 3.8) is 0 Å². The van der Waals surface area contributed by atoms with Gasteiger partial charge in [0.25, 0.3) is 5.71 Å². The van der Waals surface area contributed by atoms with Crippen molar-refractivity contribution in [2.45, 2.75) is 25.2 Å². The molecule has 1 atom stereocenters. The monoisotopic (exact) mass is 515 g/mol. The first-order valence-electron chi connectivity index (χ1n) is 12.4. The van der Waals surface area contributed by atoms with E-state index in [9.17, 15) is 9.59 Å². The molecule has 0 saturated carbocycles. The number of nitrogens with zero attached hydrogens (tertiary/aromatic N) is 5. The zero-order valence-electron chi connectivity index (χ0n) is 20.4. The highest BCUT2D eigenvalue weighted by Crippen LogP contribution is 2.24. The topological polar surface area (TPSA) is 145 Å². The summed E-state index contributed by atoms with van der Waals surface area (Å²) in [6.07, 6.45) is 2.76. The van der Waals surface area contributed by atoms with E-state index in [1.165, 1.54) is 4.90 Å². The number of hydrogen-bond acceptors (Lipinski definition) is 11. The first kappa shape index (κ1) is 23.9. The Bertz CT molecular complexity index is 1520. The quantitative estimate of drug-likeness (QED) is 0.315. The highest BCUT2D eigenvalue weighted by molar-refractivity contribution is 5.89. The molecule has 38 heavy (non-hydrogen) atoms. The molecule has 0 spiro atoms. The molecule has 2 N–H and O–H groups in total. The maximum atomic E-state index is 12.4. The van der Waals surface area contributed by atoms with E-state index in [0.29, 0.717) is 43.1 Å². The van der Waals surface area contributed by atoms with Gasteiger partial charge in [-0.1, -0.05) is 18.2 Å². The number of nitrogens with one attached hydrogen (secondary N) is 2. The van der Waals surface area contributed by atoms with Crippen LogP contribution in [0, 0.1) is 0 Å². The van der Waals surface area contributed by atoms with Gasteiger partial charge in [-0.25, -0.2) is 14.6 Å². The third-order valence-electron chi connectivity index (χ3n) is 6.35. The molecule has 12 heteroatoms. The number of anilines is 1. The summed E-state index contributed by atoms with van der Waals surface area (Å²) in [7, 11) is 0. The molecule has 6 rings (SSSR count). The number of fused-ring (bicyclic) bond motifs is 1. The van der Waals surface area contributed by atoms with Crippen LogP contribution >= 0.6 is 0 Å². The van der Waals surface area contributed by atoms with Gasteiger partial charge in [0.15, 0.2) is 0 Å². The largest absolute Gasteiger partial charge is 0.486 e. The number of ether oxygens (including phenoxy) is 2. The van der Waals surface area contributed by atoms with Crippen LogP contribution in [0.3, 0.4) is 0 Å². The van der Waals surface area contributed by atoms with Gasteiger partial charge in [0.05, 0.1) is 18.4 Å². The lowest BCUT2D eigenvalue weighted by atomic mass is 10.1. The van der Waals surface area contributed by atoms with Gasteiger partial charge in [0.2, 0.25) is 0 Å². The van der Waals surface area contributed by atoms with E-state index in [1.807, 2.05) is 24.3 Å². The molecule has 2 saturated heterocycles. The van der Waals surface area contributed by atoms with E-state index in [2.05, 4.69) is 36.9 Å². The highest BCUT2D eigenvalue weighted by Gasteiger charge is 2.33. The molecule has 2 fully saturated rings. The number of aromatic nitrogens is 4. The molecule has 3 aromatic heterocycles. The van der Waals surface area contributed by atoms with Crippen molar-refractivity contribution in [2.75, 3.05) is 31.1 Å². The molecule has 0 aliphatic carbocycles. The Hall–Kier alpha value is -4.42. The SMILES string of the molecule is O=C1O[C@@H](CCNCc2cccc(-c3cc(OC4CNC4)cnn3)c2)CN1c1ccc2ncc(=O)oc2n1. The van der Waals surface area contributed by atoms with Crippen LogP contribution in [0.15, 0.2) is 64.1 Å². The van der Waals surface area contributed by atoms with Gasteiger partial charge in [-0.3, -0.25) is 4.90 Å². The van der Waals surface area contributed by atoms with Crippen LogP contribution < -0.4 is 25.9 Å². The maximum absolute atomic E-state index is 12.4. The summed E-state index contributed by atoms with van der Waals surface area (Å²) in [5.74, 6) is 1.07. The number of rotatable bonds is 9. The van der Waals surface area contributed by atoms with Crippen LogP contribution in [0.5, 0.6) is 5.75 Å². The zero-order valence-corrected chi connectivity index (χ0v) is 20.4. The fourth-order valence-corrected chi connectivity index (χ4v) is 4.28. The first-order chi connectivity index (χ1) is 18.6. The van der Waals surface area contributed by atoms with E-state index in [0.717, 1.165) is 36.1 Å². The molecule has 1 aromatic carbocycles. The van der Waals surface area contributed by atoms with Gasteiger partial charge in [0.1, 0.15) is 35.5 Å². The van der Waals surface area contributed by atoms with Crippen LogP contribution in [0.2, 0.25) is 0 Å². The van der Waals surface area contributed by atoms with Gasteiger partial charge >= 0.3 is 11.7 Å². The summed E-state index contributed by atoms with van der Waals surface area (Å²) in [5, 5.41) is 14.9. The Labute approximate surface area is 217 Å². The Kier molecular flexibility index (Phi) is 6.63. The smallest absolute Gasteiger partial charge is 0.415 e. The average Bonchev–Trinajstić information content (AvgIpc) is 3.29. The summed E-state index contributed by atoms with van der Waals surface area (Å²) >= 11 is 0. The fraction of sp³-hybridized carbons (Fsp3) is 0.308. The van der Waals surface area contributed by atoms with E-state index in [1.54, 1.807) is 18.3 Å². The van der Waals surface area contributed by atoms with Crippen molar-refractivity contribution in [2.24, 2.45) is 0 Å². The third kappa shape index (κ3) is 5.31. The summed E-state index contributed by atoms with van der Waals surface area (Å²) in [6, 6.07) is 13.3. The molecule has 12 nitrogen and oxygen atoms in total. The van der Waals surface area contributed by atoms with E-state index in [-0.39, 0.29) is 17.9 Å². The highest BCUT2D eigenvalue weighted by atomic mass is 16.6. The maximum Gasteiger partial charge on any atom is 0.415 e. The number of cyclic esters (lactones) is 1. The van der Waals surface area contributed by atoms with Crippen molar-refractivity contribution in [1.29, 1.82) is 0 Å². The minimum Gasteiger partial charge on any atom is -0.486 e. The molecule has 2 aliphatic rings. The predicted octanol–water partition coefficient (Wildman–Crippen LogP) is 1.90. The minimum absolute atomic E-state index is 0.0797. The van der Waals surface area contributed by atoms with Crippen LogP contribution in [-0.4, -0.2) is 64.6 Å². The first-order valence-corrected chi connectivity index (χ1v) is 12.4. The van der Waals surface area contributed by atoms with Crippen molar-refractivity contribution in [1.82, 2.24) is 30.8 Å². The van der Waals surface area contributed by atoms with Gasteiger partial charge < -0.3 is 24.5 Å². The van der Waals surface area contributed by atoms with Crippen molar-refractivity contribution < 1.29 is 18.7 Å². The Balaban J connectivity index is 1.02. The number of hydrogen-bond donors (Lipinski definition) is 2. The molecule has 0 bridgehead atoms. The second-order valence-corrected chi connectivity index (χ2v) is 9.13. The Morgan fingerprint density at radius 2 is 2.05 bits per heavy atom. The molecule has 194 valence electrons. The normalized spacial score (nSPS) is 17.4. The lowest BCUT2D eigenvalue weighted by molar-refractivity contribution is 0.136. The van der Waals surface area contributed by atoms with Crippen LogP contribution in [0.25, 0.3) is 22.5 Å². The Morgan fingerprint density at radius 1 is 1.13 bits per heavy atom. The number of pyridine rings is 1. The van der Waals surface area contributed by atoms with Crippen LogP contribution in [0.1, 0.15) is 12.0 Å². The van der Waals surface area contributed by atoms with Crippen LogP contribution in [0.4, 0.5) is 10.6 Å². The molecule has 2 aliphatic heterocycles. The number of carbonyl (C=O) groups excluding carboxylic acids is 1. The molecule has 1 amide bonds. The summed E-state index contributed by atoms with van der Waals surface area (Å²) in [6.45, 7) is 3.34. The predicted molar refractivity (Wildman–Crippen MR) is 137 cm³/mol. The molecule has 0 radical (unpaired) electrons. The second-order valence-electron chi connectivity index (χ2n) is 9.13. The average molecular weight is 516 g/mol. The van der Waals surface area contributed by atoms with Crippen molar-refractivity contribution in [3.8, 4) is 17.0 Å². The standard InChI is InChI=1S/C26H25N7O5/c34-24-14-29-21-4-5-23(31-25(21)38-24)33-15-18(37-26(33)35)6-7-27-10-16-2-1-3-17(8-16)22-9-19(13-30-32-22)36-20-11-28-12-20/h1-5,8-9,13-14,18,20,27-28H,6-7,10-12,15H2/t18-/m0/s1. The molecular weight excluding hydrogens is 490 g/mol. The van der Waals surface area contributed by atoms with Gasteiger partial charge in [-0.15, -0.1) is 0 Å². The number of benzene rings is 1. The van der Waals surface area contributed by atoms with Gasteiger partial charge in [-0.2, -0.15) is 15.2 Å². The van der Waals surface area contributed by atoms with Crippen molar-refractivity contribution in [3.05, 3.63) is 70.8 Å². The number of amides is 1. The lowest BCUT2D eigenvalue weighted by Gasteiger charge is -2.27. The van der Waals surface area contributed by atoms with E-state index < -0.39 is 11.7 Å². The van der Waals surface area contributed by atoms with E-state index in [4.69, 9.17) is 13.9 Å². The number of carbonyl (C=O) groups is 1. The van der Waals surface area contributed by atoms with Crippen LogP contribution in [-0.2, 0) is 11.3 Å². The molecule has 0 unspecified atom stereocenters. The molecular formula is C26H25N7O5. The minimum atomic E-state index is -0.599. The summed E-state index contributed by atoms with van der Waals surface area (Å²) in [5.41, 5.74) is 2.73.